The monoisotopic (exact) mass is 279 g/mol. The molecule has 110 valence electrons. The predicted octanol–water partition coefficient (Wildman–Crippen LogP) is -0.187. The average Bonchev–Trinajstić information content (AvgIpc) is 2.77. The number of hydrogen-bond acceptors (Lipinski definition) is 4. The fraction of sp³-hybridized carbons (Fsp3) is 0.615. The van der Waals surface area contributed by atoms with E-state index < -0.39 is 0 Å². The molecule has 0 radical (unpaired) electrons. The van der Waals surface area contributed by atoms with E-state index in [0.29, 0.717) is 17.7 Å². The number of aromatic nitrogens is 4. The van der Waals surface area contributed by atoms with E-state index in [1.807, 2.05) is 7.05 Å². The first-order valence-corrected chi connectivity index (χ1v) is 6.76. The second-order valence-corrected chi connectivity index (χ2v) is 4.93. The van der Waals surface area contributed by atoms with Gasteiger partial charge in [-0.3, -0.25) is 18.8 Å². The Labute approximate surface area is 117 Å². The molecule has 0 aliphatic carbocycles. The van der Waals surface area contributed by atoms with Crippen molar-refractivity contribution < 1.29 is 0 Å². The van der Waals surface area contributed by atoms with Gasteiger partial charge in [-0.2, -0.15) is 0 Å². The summed E-state index contributed by atoms with van der Waals surface area (Å²) < 4.78 is 4.32. The summed E-state index contributed by atoms with van der Waals surface area (Å²) in [6, 6.07) is 0. The van der Waals surface area contributed by atoms with Gasteiger partial charge in [-0.05, 0) is 13.1 Å². The third-order valence-electron chi connectivity index (χ3n) is 3.83. The third kappa shape index (κ3) is 2.07. The van der Waals surface area contributed by atoms with Crippen LogP contribution < -0.4 is 11.2 Å². The molecule has 20 heavy (non-hydrogen) atoms. The Balaban J connectivity index is 2.70. The summed E-state index contributed by atoms with van der Waals surface area (Å²) in [5, 5.41) is 0. The lowest BCUT2D eigenvalue weighted by molar-refractivity contribution is 0.285. The second kappa shape index (κ2) is 5.24. The summed E-state index contributed by atoms with van der Waals surface area (Å²) in [5.41, 5.74) is 0.262. The van der Waals surface area contributed by atoms with Crippen molar-refractivity contribution in [1.29, 1.82) is 0 Å². The molecule has 0 saturated carbocycles. The lowest BCUT2D eigenvalue weighted by atomic mass is 10.4. The molecule has 0 aromatic carbocycles. The van der Waals surface area contributed by atoms with Crippen molar-refractivity contribution in [2.75, 3.05) is 13.1 Å². The molecule has 2 aromatic heterocycles. The lowest BCUT2D eigenvalue weighted by Gasteiger charge is -2.17. The van der Waals surface area contributed by atoms with Crippen LogP contribution in [0.25, 0.3) is 11.2 Å². The van der Waals surface area contributed by atoms with Crippen molar-refractivity contribution in [1.82, 2.24) is 23.6 Å². The van der Waals surface area contributed by atoms with Crippen LogP contribution in [0.3, 0.4) is 0 Å². The van der Waals surface area contributed by atoms with Gasteiger partial charge in [-0.25, -0.2) is 9.78 Å². The standard InChI is InChI=1S/C13H21N5O2/c1-6-18(7-2)8-9-14-11-10(15(9)3)12(19)17(5)13(20)16(11)4/h6-8H2,1-5H3. The highest BCUT2D eigenvalue weighted by Crippen LogP contribution is 2.10. The zero-order valence-electron chi connectivity index (χ0n) is 12.7. The van der Waals surface area contributed by atoms with Crippen molar-refractivity contribution in [2.24, 2.45) is 21.1 Å². The minimum Gasteiger partial charge on any atom is -0.324 e. The third-order valence-corrected chi connectivity index (χ3v) is 3.83. The number of nitrogens with zero attached hydrogens (tertiary/aromatic N) is 5. The van der Waals surface area contributed by atoms with Crippen molar-refractivity contribution in [3.05, 3.63) is 26.7 Å². The van der Waals surface area contributed by atoms with E-state index in [0.717, 1.165) is 23.5 Å². The van der Waals surface area contributed by atoms with Crippen LogP contribution in [-0.2, 0) is 27.7 Å². The summed E-state index contributed by atoms with van der Waals surface area (Å²) >= 11 is 0. The highest BCUT2D eigenvalue weighted by Gasteiger charge is 2.17. The molecule has 0 atom stereocenters. The molecule has 0 bridgehead atoms. The van der Waals surface area contributed by atoms with Crippen LogP contribution in [0.1, 0.15) is 19.7 Å². The molecule has 7 nitrogen and oxygen atoms in total. The van der Waals surface area contributed by atoms with E-state index >= 15 is 0 Å². The summed E-state index contributed by atoms with van der Waals surface area (Å²) in [6.45, 7) is 6.66. The zero-order valence-corrected chi connectivity index (χ0v) is 12.7. The number of imidazole rings is 1. The Kier molecular flexibility index (Phi) is 3.80. The van der Waals surface area contributed by atoms with Crippen LogP contribution in [0.15, 0.2) is 9.59 Å². The first kappa shape index (κ1) is 14.5. The highest BCUT2D eigenvalue weighted by atomic mass is 16.2. The molecule has 0 spiro atoms. The first-order valence-electron chi connectivity index (χ1n) is 6.76. The van der Waals surface area contributed by atoms with E-state index in [9.17, 15) is 9.59 Å². The number of fused-ring (bicyclic) bond motifs is 1. The minimum absolute atomic E-state index is 0.302. The highest BCUT2D eigenvalue weighted by molar-refractivity contribution is 5.70. The van der Waals surface area contributed by atoms with Crippen molar-refractivity contribution in [3.8, 4) is 0 Å². The van der Waals surface area contributed by atoms with Gasteiger partial charge in [0.15, 0.2) is 11.2 Å². The quantitative estimate of drug-likeness (QED) is 0.778. The van der Waals surface area contributed by atoms with Crippen molar-refractivity contribution in [2.45, 2.75) is 20.4 Å². The van der Waals surface area contributed by atoms with E-state index in [2.05, 4.69) is 23.7 Å². The van der Waals surface area contributed by atoms with Gasteiger partial charge >= 0.3 is 5.69 Å². The zero-order chi connectivity index (χ0) is 15.0. The number of aryl methyl sites for hydroxylation is 2. The van der Waals surface area contributed by atoms with Gasteiger partial charge in [0, 0.05) is 21.1 Å². The van der Waals surface area contributed by atoms with Crippen LogP contribution in [0.4, 0.5) is 0 Å². The molecule has 0 saturated heterocycles. The van der Waals surface area contributed by atoms with E-state index in [1.54, 1.807) is 11.6 Å². The molecule has 0 fully saturated rings. The molecule has 2 rings (SSSR count). The van der Waals surface area contributed by atoms with Crippen LogP contribution >= 0.6 is 0 Å². The van der Waals surface area contributed by atoms with Gasteiger partial charge in [-0.15, -0.1) is 0 Å². The normalized spacial score (nSPS) is 11.7. The van der Waals surface area contributed by atoms with Crippen LogP contribution in [0, 0.1) is 0 Å². The topological polar surface area (TPSA) is 65.1 Å². The Hall–Kier alpha value is -1.89. The fourth-order valence-electron chi connectivity index (χ4n) is 2.35. The van der Waals surface area contributed by atoms with Crippen molar-refractivity contribution >= 4 is 11.2 Å². The van der Waals surface area contributed by atoms with Gasteiger partial charge in [0.1, 0.15) is 5.82 Å². The van der Waals surface area contributed by atoms with E-state index in [4.69, 9.17) is 0 Å². The van der Waals surface area contributed by atoms with Gasteiger partial charge in [-0.1, -0.05) is 13.8 Å². The van der Waals surface area contributed by atoms with Crippen LogP contribution in [-0.4, -0.2) is 36.7 Å². The fourth-order valence-corrected chi connectivity index (χ4v) is 2.35. The van der Waals surface area contributed by atoms with Crippen LogP contribution in [0.2, 0.25) is 0 Å². The predicted molar refractivity (Wildman–Crippen MR) is 77.8 cm³/mol. The summed E-state index contributed by atoms with van der Waals surface area (Å²) in [6.07, 6.45) is 0. The Morgan fingerprint density at radius 1 is 1.00 bits per heavy atom. The Morgan fingerprint density at radius 2 is 1.60 bits per heavy atom. The summed E-state index contributed by atoms with van der Waals surface area (Å²) in [7, 11) is 4.94. The molecule has 2 heterocycles. The second-order valence-electron chi connectivity index (χ2n) is 4.93. The number of hydrogen-bond donors (Lipinski definition) is 0. The van der Waals surface area contributed by atoms with E-state index in [-0.39, 0.29) is 11.2 Å². The number of rotatable bonds is 4. The maximum absolute atomic E-state index is 12.2. The van der Waals surface area contributed by atoms with Crippen LogP contribution in [0.5, 0.6) is 0 Å². The Bertz CT molecular complexity index is 749. The maximum atomic E-state index is 12.2. The molecule has 0 N–H and O–H groups in total. The molecule has 2 aromatic rings. The summed E-state index contributed by atoms with van der Waals surface area (Å²) in [4.78, 5) is 30.9. The van der Waals surface area contributed by atoms with Gasteiger partial charge in [0.2, 0.25) is 0 Å². The minimum atomic E-state index is -0.352. The molecule has 0 amide bonds. The first-order chi connectivity index (χ1) is 9.42. The van der Waals surface area contributed by atoms with Gasteiger partial charge in [0.05, 0.1) is 6.54 Å². The lowest BCUT2D eigenvalue weighted by Crippen LogP contribution is -2.37. The molecule has 0 unspecified atom stereocenters. The summed E-state index contributed by atoms with van der Waals surface area (Å²) in [5.74, 6) is 0.794. The molecular formula is C13H21N5O2. The Morgan fingerprint density at radius 3 is 2.15 bits per heavy atom. The van der Waals surface area contributed by atoms with Crippen molar-refractivity contribution in [3.63, 3.8) is 0 Å². The smallest absolute Gasteiger partial charge is 0.324 e. The average molecular weight is 279 g/mol. The SMILES string of the molecule is CCN(CC)Cc1nc2c(c(=O)n(C)c(=O)n2C)n1C. The maximum Gasteiger partial charge on any atom is 0.332 e. The van der Waals surface area contributed by atoms with Gasteiger partial charge < -0.3 is 4.57 Å². The van der Waals surface area contributed by atoms with Gasteiger partial charge in [0.25, 0.3) is 5.56 Å². The molecular weight excluding hydrogens is 258 g/mol. The largest absolute Gasteiger partial charge is 0.332 e. The molecule has 7 heteroatoms. The molecule has 0 aliphatic heterocycles. The molecule has 0 aliphatic rings. The van der Waals surface area contributed by atoms with E-state index in [1.165, 1.54) is 11.6 Å².